The summed E-state index contributed by atoms with van der Waals surface area (Å²) in [7, 11) is 0. The first kappa shape index (κ1) is 28.4. The Hall–Kier alpha value is -6.61. The van der Waals surface area contributed by atoms with Crippen LogP contribution in [0.3, 0.4) is 0 Å². The van der Waals surface area contributed by atoms with Crippen molar-refractivity contribution in [3.05, 3.63) is 163 Å². The van der Waals surface area contributed by atoms with Gasteiger partial charge in [0.15, 0.2) is 5.82 Å². The molecule has 3 heterocycles. The van der Waals surface area contributed by atoms with E-state index in [1.807, 2.05) is 53.8 Å². The van der Waals surface area contributed by atoms with Crippen LogP contribution in [0.15, 0.2) is 158 Å². The lowest BCUT2D eigenvalue weighted by Gasteiger charge is -2.13. The Kier molecular flexibility index (Phi) is 6.38. The van der Waals surface area contributed by atoms with Crippen molar-refractivity contribution in [2.75, 3.05) is 0 Å². The molecule has 3 aromatic heterocycles. The van der Waals surface area contributed by atoms with Crippen LogP contribution in [-0.4, -0.2) is 14.5 Å². The second-order valence-corrected chi connectivity index (χ2v) is 13.6. The van der Waals surface area contributed by atoms with E-state index in [1.165, 1.54) is 25.7 Å². The van der Waals surface area contributed by atoms with Crippen LogP contribution in [-0.2, 0) is 0 Å². The van der Waals surface area contributed by atoms with E-state index < -0.39 is 0 Å². The third-order valence-corrected chi connectivity index (χ3v) is 10.8. The second-order valence-electron chi connectivity index (χ2n) is 12.5. The Balaban J connectivity index is 1.27. The predicted molar refractivity (Wildman–Crippen MR) is 208 cm³/mol. The van der Waals surface area contributed by atoms with Crippen LogP contribution in [0.4, 0.5) is 0 Å². The zero-order valence-corrected chi connectivity index (χ0v) is 27.5. The van der Waals surface area contributed by atoms with Crippen LogP contribution in [0.2, 0.25) is 0 Å². The Morgan fingerprint density at radius 1 is 0.520 bits per heavy atom. The van der Waals surface area contributed by atoms with Gasteiger partial charge in [0, 0.05) is 48.6 Å². The summed E-state index contributed by atoms with van der Waals surface area (Å²) >= 11 is 1.84. The summed E-state index contributed by atoms with van der Waals surface area (Å²) in [5.74, 6) is 0.585. The predicted octanol–water partition coefficient (Wildman–Crippen LogP) is 12.0. The van der Waals surface area contributed by atoms with Gasteiger partial charge in [-0.2, -0.15) is 5.26 Å². The van der Waals surface area contributed by atoms with Gasteiger partial charge in [-0.05, 0) is 47.2 Å². The molecule has 0 unspecified atom stereocenters. The Morgan fingerprint density at radius 2 is 1.18 bits per heavy atom. The Morgan fingerprint density at radius 3 is 1.98 bits per heavy atom. The highest BCUT2D eigenvalue weighted by atomic mass is 32.1. The van der Waals surface area contributed by atoms with Gasteiger partial charge in [-0.25, -0.2) is 9.97 Å². The van der Waals surface area contributed by atoms with Crippen LogP contribution in [0, 0.1) is 11.3 Å². The van der Waals surface area contributed by atoms with Crippen LogP contribution in [0.5, 0.6) is 0 Å². The molecule has 5 heteroatoms. The lowest BCUT2D eigenvalue weighted by molar-refractivity contribution is 1.17. The fourth-order valence-corrected chi connectivity index (χ4v) is 8.55. The third-order valence-electron chi connectivity index (χ3n) is 9.64. The SMILES string of the molecule is N#Cc1c(-c2ccc3ccccc3c2)nc(-c2ccccc2)nc1-c1ccc2c(c1)c1ccc3c4ccccc4sc3c1n2-c1ccccc1. The summed E-state index contributed by atoms with van der Waals surface area (Å²) in [4.78, 5) is 10.2. The fourth-order valence-electron chi connectivity index (χ4n) is 7.31. The number of rotatable bonds is 4. The zero-order chi connectivity index (χ0) is 33.2. The number of hydrogen-bond donors (Lipinski definition) is 0. The Labute approximate surface area is 291 Å². The highest BCUT2D eigenvalue weighted by Crippen LogP contribution is 2.44. The zero-order valence-electron chi connectivity index (χ0n) is 26.7. The molecule has 0 aliphatic rings. The topological polar surface area (TPSA) is 54.5 Å². The largest absolute Gasteiger partial charge is 0.308 e. The van der Waals surface area contributed by atoms with Crippen LogP contribution in [0.1, 0.15) is 5.56 Å². The maximum Gasteiger partial charge on any atom is 0.160 e. The average Bonchev–Trinajstić information content (AvgIpc) is 3.73. The first-order valence-electron chi connectivity index (χ1n) is 16.6. The standard InChI is InChI=1S/C45H26N4S/c46-27-38-41(31-20-19-28-11-7-8-14-30(28)25-31)47-45(29-12-3-1-4-13-29)48-42(38)32-21-24-39-37(26-32)35-22-23-36-34-17-9-10-18-40(34)50-44(36)43(35)49(39)33-15-5-2-6-16-33/h1-26H. The van der Waals surface area contributed by atoms with E-state index in [-0.39, 0.29) is 0 Å². The van der Waals surface area contributed by atoms with Gasteiger partial charge in [-0.3, -0.25) is 0 Å². The van der Waals surface area contributed by atoms with Gasteiger partial charge in [-0.15, -0.1) is 11.3 Å². The maximum absolute atomic E-state index is 10.8. The molecule has 0 saturated carbocycles. The normalized spacial score (nSPS) is 11.6. The van der Waals surface area contributed by atoms with Crippen molar-refractivity contribution in [2.45, 2.75) is 0 Å². The highest BCUT2D eigenvalue weighted by molar-refractivity contribution is 7.26. The smallest absolute Gasteiger partial charge is 0.160 e. The number of thiophene rings is 1. The van der Waals surface area contributed by atoms with Gasteiger partial charge >= 0.3 is 0 Å². The van der Waals surface area contributed by atoms with E-state index in [4.69, 9.17) is 9.97 Å². The number of hydrogen-bond acceptors (Lipinski definition) is 4. The third kappa shape index (κ3) is 4.36. The minimum absolute atomic E-state index is 0.456. The van der Waals surface area contributed by atoms with Crippen LogP contribution in [0.25, 0.3) is 92.3 Å². The van der Waals surface area contributed by atoms with E-state index in [9.17, 15) is 5.26 Å². The molecule has 0 spiro atoms. The Bertz CT molecular complexity index is 2990. The number of fused-ring (bicyclic) bond motifs is 8. The van der Waals surface area contributed by atoms with E-state index in [0.717, 1.165) is 49.4 Å². The summed E-state index contributed by atoms with van der Waals surface area (Å²) in [6, 6.07) is 57.2. The van der Waals surface area contributed by atoms with Gasteiger partial charge in [0.1, 0.15) is 11.6 Å². The molecule has 7 aromatic carbocycles. The molecule has 50 heavy (non-hydrogen) atoms. The van der Waals surface area contributed by atoms with E-state index >= 15 is 0 Å². The molecule has 4 nitrogen and oxygen atoms in total. The van der Waals surface area contributed by atoms with Gasteiger partial charge < -0.3 is 4.57 Å². The number of nitrogens with zero attached hydrogens (tertiary/aromatic N) is 4. The summed E-state index contributed by atoms with van der Waals surface area (Å²) in [6.45, 7) is 0. The quantitative estimate of drug-likeness (QED) is 0.190. The molecule has 232 valence electrons. The van der Waals surface area contributed by atoms with Gasteiger partial charge in [0.25, 0.3) is 0 Å². The van der Waals surface area contributed by atoms with Gasteiger partial charge in [-0.1, -0.05) is 121 Å². The maximum atomic E-state index is 10.8. The molecule has 10 rings (SSSR count). The molecular weight excluding hydrogens is 629 g/mol. The highest BCUT2D eigenvalue weighted by Gasteiger charge is 2.22. The lowest BCUT2D eigenvalue weighted by Crippen LogP contribution is -2.01. The number of aromatic nitrogens is 3. The summed E-state index contributed by atoms with van der Waals surface area (Å²) < 4.78 is 4.91. The first-order chi connectivity index (χ1) is 24.7. The van der Waals surface area contributed by atoms with Crippen molar-refractivity contribution in [1.29, 1.82) is 5.26 Å². The molecular formula is C45H26N4S. The minimum Gasteiger partial charge on any atom is -0.308 e. The first-order valence-corrected chi connectivity index (χ1v) is 17.4. The van der Waals surface area contributed by atoms with Crippen molar-refractivity contribution in [3.8, 4) is 45.7 Å². The van der Waals surface area contributed by atoms with Crippen molar-refractivity contribution in [2.24, 2.45) is 0 Å². The number of para-hydroxylation sites is 1. The molecule has 0 amide bonds. The van der Waals surface area contributed by atoms with Crippen LogP contribution >= 0.6 is 11.3 Å². The molecule has 0 atom stereocenters. The average molecular weight is 655 g/mol. The minimum atomic E-state index is 0.456. The summed E-state index contributed by atoms with van der Waals surface area (Å²) in [5.41, 5.74) is 7.75. The van der Waals surface area contributed by atoms with Crippen molar-refractivity contribution in [3.63, 3.8) is 0 Å². The monoisotopic (exact) mass is 654 g/mol. The lowest BCUT2D eigenvalue weighted by atomic mass is 9.97. The molecule has 0 bridgehead atoms. The van der Waals surface area contributed by atoms with Gasteiger partial charge in [0.2, 0.25) is 0 Å². The summed E-state index contributed by atoms with van der Waals surface area (Å²) in [6.07, 6.45) is 0. The number of nitriles is 1. The van der Waals surface area contributed by atoms with Crippen molar-refractivity contribution < 1.29 is 0 Å². The molecule has 10 aromatic rings. The van der Waals surface area contributed by atoms with Crippen LogP contribution < -0.4 is 0 Å². The van der Waals surface area contributed by atoms with E-state index in [2.05, 4.69) is 126 Å². The second kappa shape index (κ2) is 11.2. The van der Waals surface area contributed by atoms with E-state index in [1.54, 1.807) is 0 Å². The molecule has 0 aliphatic heterocycles. The number of benzene rings is 7. The van der Waals surface area contributed by atoms with E-state index in [0.29, 0.717) is 22.8 Å². The van der Waals surface area contributed by atoms with Gasteiger partial charge in [0.05, 0.1) is 27.1 Å². The molecule has 0 N–H and O–H groups in total. The van der Waals surface area contributed by atoms with Crippen molar-refractivity contribution >= 4 is 64.1 Å². The van der Waals surface area contributed by atoms with Crippen molar-refractivity contribution in [1.82, 2.24) is 14.5 Å². The fraction of sp³-hybridized carbons (Fsp3) is 0. The molecule has 0 fully saturated rings. The molecule has 0 aliphatic carbocycles. The molecule has 0 saturated heterocycles. The summed E-state index contributed by atoms with van der Waals surface area (Å²) in [5, 5.41) is 17.8. The molecule has 0 radical (unpaired) electrons.